The lowest BCUT2D eigenvalue weighted by Gasteiger charge is -2.41. The predicted molar refractivity (Wildman–Crippen MR) is 93.8 cm³/mol. The first-order valence-electron chi connectivity index (χ1n) is 8.34. The van der Waals surface area contributed by atoms with Crippen molar-refractivity contribution in [2.24, 2.45) is 0 Å². The SMILES string of the molecule is COc1ccc([C@@H]2[C@@H](CO)OCCN2Cc2cccnc2)cc1OC. The molecule has 0 spiro atoms. The van der Waals surface area contributed by atoms with E-state index >= 15 is 0 Å². The van der Waals surface area contributed by atoms with E-state index in [4.69, 9.17) is 14.2 Å². The fourth-order valence-corrected chi connectivity index (χ4v) is 3.31. The molecule has 0 aliphatic carbocycles. The minimum absolute atomic E-state index is 0.0391. The summed E-state index contributed by atoms with van der Waals surface area (Å²) in [7, 11) is 3.24. The lowest BCUT2D eigenvalue weighted by atomic mass is 9.97. The van der Waals surface area contributed by atoms with Crippen LogP contribution in [0.2, 0.25) is 0 Å². The first-order valence-corrected chi connectivity index (χ1v) is 8.34. The maximum atomic E-state index is 9.81. The Morgan fingerprint density at radius 3 is 2.76 bits per heavy atom. The zero-order valence-electron chi connectivity index (χ0n) is 14.6. The summed E-state index contributed by atoms with van der Waals surface area (Å²) in [6, 6.07) is 9.77. The van der Waals surface area contributed by atoms with Gasteiger partial charge >= 0.3 is 0 Å². The van der Waals surface area contributed by atoms with E-state index in [0.29, 0.717) is 18.1 Å². The molecule has 1 saturated heterocycles. The molecule has 1 aromatic carbocycles. The number of methoxy groups -OCH3 is 2. The number of hydrogen-bond donors (Lipinski definition) is 1. The van der Waals surface area contributed by atoms with Crippen molar-refractivity contribution in [2.75, 3.05) is 34.0 Å². The number of aromatic nitrogens is 1. The van der Waals surface area contributed by atoms with E-state index in [9.17, 15) is 5.11 Å². The number of rotatable bonds is 6. The first kappa shape index (κ1) is 17.7. The van der Waals surface area contributed by atoms with Crippen LogP contribution in [0.15, 0.2) is 42.7 Å². The van der Waals surface area contributed by atoms with Gasteiger partial charge in [-0.2, -0.15) is 0 Å². The molecule has 0 saturated carbocycles. The lowest BCUT2D eigenvalue weighted by Crippen LogP contribution is -2.46. The standard InChI is InChI=1S/C19H24N2O4/c1-23-16-6-5-15(10-17(16)24-2)19-18(13-22)25-9-8-21(19)12-14-4-3-7-20-11-14/h3-7,10-11,18-19,22H,8-9,12-13H2,1-2H3/t18-,19-/m1/s1. The summed E-state index contributed by atoms with van der Waals surface area (Å²) in [4.78, 5) is 6.50. The Labute approximate surface area is 148 Å². The van der Waals surface area contributed by atoms with E-state index in [0.717, 1.165) is 24.2 Å². The zero-order chi connectivity index (χ0) is 17.6. The molecule has 3 rings (SSSR count). The lowest BCUT2D eigenvalue weighted by molar-refractivity contribution is -0.0961. The fraction of sp³-hybridized carbons (Fsp3) is 0.421. The van der Waals surface area contributed by atoms with Crippen LogP contribution in [0.4, 0.5) is 0 Å². The molecule has 1 N–H and O–H groups in total. The average Bonchev–Trinajstić information content (AvgIpc) is 2.68. The molecule has 0 radical (unpaired) electrons. The molecule has 0 unspecified atom stereocenters. The van der Waals surface area contributed by atoms with Crippen LogP contribution in [-0.4, -0.2) is 55.1 Å². The summed E-state index contributed by atoms with van der Waals surface area (Å²) < 4.78 is 16.6. The highest BCUT2D eigenvalue weighted by molar-refractivity contribution is 5.44. The molecule has 2 aromatic rings. The van der Waals surface area contributed by atoms with Gasteiger partial charge in [-0.1, -0.05) is 12.1 Å². The van der Waals surface area contributed by atoms with E-state index < -0.39 is 0 Å². The Kier molecular flexibility index (Phi) is 5.86. The van der Waals surface area contributed by atoms with Crippen LogP contribution in [0.3, 0.4) is 0 Å². The maximum absolute atomic E-state index is 9.81. The predicted octanol–water partition coefficient (Wildman–Crippen LogP) is 2.03. The summed E-state index contributed by atoms with van der Waals surface area (Å²) in [5, 5.41) is 9.81. The van der Waals surface area contributed by atoms with Gasteiger partial charge in [0, 0.05) is 25.5 Å². The van der Waals surface area contributed by atoms with Crippen molar-refractivity contribution in [1.29, 1.82) is 0 Å². The number of aliphatic hydroxyl groups is 1. The monoisotopic (exact) mass is 344 g/mol. The third-order valence-corrected chi connectivity index (χ3v) is 4.49. The number of hydrogen-bond acceptors (Lipinski definition) is 6. The maximum Gasteiger partial charge on any atom is 0.161 e. The molecule has 0 bridgehead atoms. The highest BCUT2D eigenvalue weighted by Crippen LogP contribution is 2.36. The molecule has 2 atom stereocenters. The summed E-state index contributed by atoms with van der Waals surface area (Å²) in [5.41, 5.74) is 2.16. The van der Waals surface area contributed by atoms with E-state index in [-0.39, 0.29) is 18.8 Å². The molecule has 1 aromatic heterocycles. The second-order valence-corrected chi connectivity index (χ2v) is 5.98. The molecular formula is C19H24N2O4. The zero-order valence-corrected chi connectivity index (χ0v) is 14.6. The fourth-order valence-electron chi connectivity index (χ4n) is 3.31. The van der Waals surface area contributed by atoms with E-state index in [1.54, 1.807) is 20.4 Å². The van der Waals surface area contributed by atoms with E-state index in [1.807, 2.05) is 30.5 Å². The first-order chi connectivity index (χ1) is 12.3. The second-order valence-electron chi connectivity index (χ2n) is 5.98. The molecule has 6 nitrogen and oxygen atoms in total. The number of ether oxygens (including phenoxy) is 3. The van der Waals surface area contributed by atoms with Gasteiger partial charge in [-0.25, -0.2) is 0 Å². The van der Waals surface area contributed by atoms with Crippen molar-refractivity contribution in [1.82, 2.24) is 9.88 Å². The van der Waals surface area contributed by atoms with Gasteiger partial charge in [-0.3, -0.25) is 9.88 Å². The number of pyridine rings is 1. The Hall–Kier alpha value is -2.15. The number of morpholine rings is 1. The van der Waals surface area contributed by atoms with Gasteiger partial charge in [-0.05, 0) is 29.3 Å². The molecule has 0 amide bonds. The van der Waals surface area contributed by atoms with Crippen LogP contribution in [0, 0.1) is 0 Å². The Morgan fingerprint density at radius 1 is 1.24 bits per heavy atom. The van der Waals surface area contributed by atoms with Crippen LogP contribution in [0.5, 0.6) is 11.5 Å². The Balaban J connectivity index is 1.92. The summed E-state index contributed by atoms with van der Waals surface area (Å²) in [5.74, 6) is 1.35. The van der Waals surface area contributed by atoms with Gasteiger partial charge in [0.05, 0.1) is 33.5 Å². The van der Waals surface area contributed by atoms with Gasteiger partial charge in [0.2, 0.25) is 0 Å². The van der Waals surface area contributed by atoms with E-state index in [2.05, 4.69) is 16.0 Å². The van der Waals surface area contributed by atoms with Gasteiger partial charge in [-0.15, -0.1) is 0 Å². The summed E-state index contributed by atoms with van der Waals surface area (Å²) >= 11 is 0. The molecule has 1 aliphatic rings. The minimum atomic E-state index is -0.288. The average molecular weight is 344 g/mol. The van der Waals surface area contributed by atoms with E-state index in [1.165, 1.54) is 0 Å². The van der Waals surface area contributed by atoms with Crippen molar-refractivity contribution in [3.05, 3.63) is 53.9 Å². The van der Waals surface area contributed by atoms with Gasteiger partial charge in [0.1, 0.15) is 6.10 Å². The molecule has 1 aliphatic heterocycles. The third kappa shape index (κ3) is 3.92. The third-order valence-electron chi connectivity index (χ3n) is 4.49. The number of aliphatic hydroxyl groups excluding tert-OH is 1. The summed E-state index contributed by atoms with van der Waals surface area (Å²) in [6.07, 6.45) is 3.35. The highest BCUT2D eigenvalue weighted by Gasteiger charge is 2.33. The van der Waals surface area contributed by atoms with Crippen LogP contribution < -0.4 is 9.47 Å². The highest BCUT2D eigenvalue weighted by atomic mass is 16.5. The van der Waals surface area contributed by atoms with Crippen LogP contribution in [0.25, 0.3) is 0 Å². The van der Waals surface area contributed by atoms with Crippen LogP contribution >= 0.6 is 0 Å². The van der Waals surface area contributed by atoms with Crippen molar-refractivity contribution in [2.45, 2.75) is 18.7 Å². The molecule has 25 heavy (non-hydrogen) atoms. The number of nitrogens with zero attached hydrogens (tertiary/aromatic N) is 2. The second kappa shape index (κ2) is 8.29. The molecule has 134 valence electrons. The topological polar surface area (TPSA) is 64.0 Å². The Morgan fingerprint density at radius 2 is 2.08 bits per heavy atom. The Bertz CT molecular complexity index is 680. The normalized spacial score (nSPS) is 21.1. The van der Waals surface area contributed by atoms with Crippen molar-refractivity contribution < 1.29 is 19.3 Å². The van der Waals surface area contributed by atoms with Crippen molar-refractivity contribution in [3.63, 3.8) is 0 Å². The smallest absolute Gasteiger partial charge is 0.161 e. The molecule has 6 heteroatoms. The molecule has 2 heterocycles. The van der Waals surface area contributed by atoms with Gasteiger partial charge in [0.25, 0.3) is 0 Å². The van der Waals surface area contributed by atoms with Crippen LogP contribution in [-0.2, 0) is 11.3 Å². The number of benzene rings is 1. The van der Waals surface area contributed by atoms with Crippen molar-refractivity contribution in [3.8, 4) is 11.5 Å². The molecule has 1 fully saturated rings. The summed E-state index contributed by atoms with van der Waals surface area (Å²) in [6.45, 7) is 2.08. The van der Waals surface area contributed by atoms with Gasteiger partial charge < -0.3 is 19.3 Å². The molecular weight excluding hydrogens is 320 g/mol. The quantitative estimate of drug-likeness (QED) is 0.865. The van der Waals surface area contributed by atoms with Gasteiger partial charge in [0.15, 0.2) is 11.5 Å². The largest absolute Gasteiger partial charge is 0.493 e. The van der Waals surface area contributed by atoms with Crippen molar-refractivity contribution >= 4 is 0 Å². The van der Waals surface area contributed by atoms with Crippen LogP contribution in [0.1, 0.15) is 17.2 Å². The minimum Gasteiger partial charge on any atom is -0.493 e.